The second-order valence-electron chi connectivity index (χ2n) is 10.4. The maximum atomic E-state index is 12.9. The highest BCUT2D eigenvalue weighted by atomic mass is 16.5. The van der Waals surface area contributed by atoms with E-state index in [9.17, 15) is 24.3 Å². The molecule has 0 aliphatic carbocycles. The topological polar surface area (TPSA) is 123 Å². The molecule has 0 saturated carbocycles. The van der Waals surface area contributed by atoms with Crippen LogP contribution >= 0.6 is 0 Å². The van der Waals surface area contributed by atoms with Crippen LogP contribution in [0.25, 0.3) is 11.0 Å². The molecule has 2 heterocycles. The molecule has 0 radical (unpaired) electrons. The SMILES string of the molecule is Cn1c(=O)n(C2CCC(=O)NC2=O)c2ccc(CCCCOCCCCN(C(=O)O)C(C)(C)C)cc21. The Morgan fingerprint density at radius 1 is 1.11 bits per heavy atom. The first-order valence-corrected chi connectivity index (χ1v) is 12.6. The summed E-state index contributed by atoms with van der Waals surface area (Å²) in [5, 5.41) is 11.6. The molecule has 1 fully saturated rings. The Morgan fingerprint density at radius 2 is 1.81 bits per heavy atom. The second kappa shape index (κ2) is 11.7. The number of carboxylic acid groups (broad SMARTS) is 1. The van der Waals surface area contributed by atoms with Crippen LogP contribution in [0.5, 0.6) is 0 Å². The van der Waals surface area contributed by atoms with E-state index in [0.29, 0.717) is 31.7 Å². The summed E-state index contributed by atoms with van der Waals surface area (Å²) >= 11 is 0. The maximum absolute atomic E-state index is 12.9. The van der Waals surface area contributed by atoms with Gasteiger partial charge in [0, 0.05) is 38.8 Å². The molecule has 36 heavy (non-hydrogen) atoms. The fourth-order valence-corrected chi connectivity index (χ4v) is 4.62. The van der Waals surface area contributed by atoms with Crippen molar-refractivity contribution in [1.29, 1.82) is 0 Å². The van der Waals surface area contributed by atoms with Gasteiger partial charge in [-0.2, -0.15) is 0 Å². The smallest absolute Gasteiger partial charge is 0.407 e. The zero-order valence-corrected chi connectivity index (χ0v) is 21.7. The summed E-state index contributed by atoms with van der Waals surface area (Å²) in [6.07, 6.45) is 3.90. The van der Waals surface area contributed by atoms with E-state index in [4.69, 9.17) is 4.74 Å². The molecule has 1 aliphatic rings. The van der Waals surface area contributed by atoms with Gasteiger partial charge in [0.2, 0.25) is 11.8 Å². The molecular weight excluding hydrogens is 464 g/mol. The predicted molar refractivity (Wildman–Crippen MR) is 136 cm³/mol. The maximum Gasteiger partial charge on any atom is 0.407 e. The number of carbonyl (C=O) groups is 3. The fraction of sp³-hybridized carbons (Fsp3) is 0.615. The lowest BCUT2D eigenvalue weighted by molar-refractivity contribution is -0.135. The van der Waals surface area contributed by atoms with E-state index in [1.165, 1.54) is 9.47 Å². The molecule has 3 rings (SSSR count). The first-order chi connectivity index (χ1) is 17.0. The molecule has 2 aromatic rings. The quantitative estimate of drug-likeness (QED) is 0.359. The number of nitrogens with one attached hydrogen (secondary N) is 1. The molecule has 0 bridgehead atoms. The third-order valence-corrected chi connectivity index (χ3v) is 6.64. The third-order valence-electron chi connectivity index (χ3n) is 6.64. The molecule has 1 aromatic carbocycles. The van der Waals surface area contributed by atoms with Gasteiger partial charge in [0.05, 0.1) is 11.0 Å². The van der Waals surface area contributed by atoms with Crippen LogP contribution in [-0.2, 0) is 27.8 Å². The van der Waals surface area contributed by atoms with Crippen molar-refractivity contribution in [2.24, 2.45) is 7.05 Å². The normalized spacial score (nSPS) is 16.4. The van der Waals surface area contributed by atoms with Gasteiger partial charge in [-0.15, -0.1) is 0 Å². The molecule has 1 unspecified atom stereocenters. The second-order valence-corrected chi connectivity index (χ2v) is 10.4. The van der Waals surface area contributed by atoms with Crippen LogP contribution in [0.15, 0.2) is 23.0 Å². The van der Waals surface area contributed by atoms with Crippen LogP contribution in [-0.4, -0.2) is 62.3 Å². The average molecular weight is 503 g/mol. The average Bonchev–Trinajstić information content (AvgIpc) is 3.04. The van der Waals surface area contributed by atoms with Gasteiger partial charge in [-0.25, -0.2) is 9.59 Å². The summed E-state index contributed by atoms with van der Waals surface area (Å²) < 4.78 is 8.76. The van der Waals surface area contributed by atoms with Gasteiger partial charge >= 0.3 is 11.8 Å². The first kappa shape index (κ1) is 27.4. The highest BCUT2D eigenvalue weighted by molar-refractivity contribution is 6.00. The van der Waals surface area contributed by atoms with Crippen LogP contribution in [0.4, 0.5) is 4.79 Å². The minimum atomic E-state index is -0.894. The van der Waals surface area contributed by atoms with Gasteiger partial charge in [-0.3, -0.25) is 24.0 Å². The largest absolute Gasteiger partial charge is 0.465 e. The number of benzene rings is 1. The number of imide groups is 1. The predicted octanol–water partition coefficient (Wildman–Crippen LogP) is 3.22. The Morgan fingerprint density at radius 3 is 2.44 bits per heavy atom. The van der Waals surface area contributed by atoms with Crippen molar-refractivity contribution in [3.8, 4) is 0 Å². The fourth-order valence-electron chi connectivity index (χ4n) is 4.62. The molecule has 1 aliphatic heterocycles. The third kappa shape index (κ3) is 6.54. The number of aryl methyl sites for hydroxylation is 2. The van der Waals surface area contributed by atoms with Crippen LogP contribution in [0.2, 0.25) is 0 Å². The van der Waals surface area contributed by atoms with Crippen molar-refractivity contribution in [3.05, 3.63) is 34.2 Å². The van der Waals surface area contributed by atoms with Crippen LogP contribution in [0.3, 0.4) is 0 Å². The van der Waals surface area contributed by atoms with Crippen molar-refractivity contribution < 1.29 is 24.2 Å². The number of carbonyl (C=O) groups excluding carboxylic acids is 2. The van der Waals surface area contributed by atoms with E-state index < -0.39 is 23.6 Å². The summed E-state index contributed by atoms with van der Waals surface area (Å²) in [6.45, 7) is 7.43. The summed E-state index contributed by atoms with van der Waals surface area (Å²) in [5.41, 5.74) is 1.89. The number of nitrogens with zero attached hydrogens (tertiary/aromatic N) is 3. The Labute approximate surface area is 211 Å². The van der Waals surface area contributed by atoms with Gasteiger partial charge in [0.15, 0.2) is 0 Å². The van der Waals surface area contributed by atoms with Gasteiger partial charge in [-0.1, -0.05) is 6.07 Å². The minimum absolute atomic E-state index is 0.219. The lowest BCUT2D eigenvalue weighted by atomic mass is 10.0. The molecule has 10 nitrogen and oxygen atoms in total. The molecule has 1 atom stereocenters. The molecule has 10 heteroatoms. The Hall–Kier alpha value is -3.14. The first-order valence-electron chi connectivity index (χ1n) is 12.6. The van der Waals surface area contributed by atoms with Gasteiger partial charge in [-0.05, 0) is 77.0 Å². The number of aromatic nitrogens is 2. The highest BCUT2D eigenvalue weighted by Crippen LogP contribution is 2.24. The molecule has 1 aromatic heterocycles. The molecule has 3 amide bonds. The number of piperidine rings is 1. The van der Waals surface area contributed by atoms with E-state index in [1.54, 1.807) is 11.6 Å². The number of imidazole rings is 1. The van der Waals surface area contributed by atoms with Gasteiger partial charge in [0.25, 0.3) is 0 Å². The number of hydrogen-bond donors (Lipinski definition) is 2. The van der Waals surface area contributed by atoms with Crippen molar-refractivity contribution in [1.82, 2.24) is 19.4 Å². The lowest BCUT2D eigenvalue weighted by Crippen LogP contribution is -2.45. The van der Waals surface area contributed by atoms with E-state index in [1.807, 2.05) is 39.0 Å². The van der Waals surface area contributed by atoms with Gasteiger partial charge < -0.3 is 14.7 Å². The molecule has 1 saturated heterocycles. The van der Waals surface area contributed by atoms with Gasteiger partial charge in [0.1, 0.15) is 6.04 Å². The summed E-state index contributed by atoms with van der Waals surface area (Å²) in [5.74, 6) is -0.737. The van der Waals surface area contributed by atoms with E-state index >= 15 is 0 Å². The molecule has 198 valence electrons. The zero-order valence-electron chi connectivity index (χ0n) is 21.7. The number of rotatable bonds is 11. The molecule has 0 spiro atoms. The van der Waals surface area contributed by atoms with Crippen molar-refractivity contribution in [2.45, 2.75) is 77.3 Å². The Kier molecular flexibility index (Phi) is 8.94. The van der Waals surface area contributed by atoms with Crippen molar-refractivity contribution in [3.63, 3.8) is 0 Å². The number of hydrogen-bond acceptors (Lipinski definition) is 5. The van der Waals surface area contributed by atoms with E-state index in [0.717, 1.165) is 43.2 Å². The Bertz CT molecular complexity index is 1160. The summed E-state index contributed by atoms with van der Waals surface area (Å²) in [4.78, 5) is 49.5. The number of fused-ring (bicyclic) bond motifs is 1. The molecular formula is C26H38N4O6. The Balaban J connectivity index is 1.44. The van der Waals surface area contributed by atoms with Crippen LogP contribution in [0, 0.1) is 0 Å². The summed E-state index contributed by atoms with van der Waals surface area (Å²) in [7, 11) is 1.70. The number of unbranched alkanes of at least 4 members (excludes halogenated alkanes) is 2. The zero-order chi connectivity index (χ0) is 26.5. The number of ether oxygens (including phenoxy) is 1. The van der Waals surface area contributed by atoms with Crippen molar-refractivity contribution in [2.75, 3.05) is 19.8 Å². The van der Waals surface area contributed by atoms with E-state index in [-0.39, 0.29) is 18.0 Å². The monoisotopic (exact) mass is 502 g/mol. The summed E-state index contributed by atoms with van der Waals surface area (Å²) in [6, 6.07) is 5.17. The highest BCUT2D eigenvalue weighted by Gasteiger charge is 2.31. The van der Waals surface area contributed by atoms with Crippen LogP contribution < -0.4 is 11.0 Å². The standard InChI is InChI=1S/C26H38N4O6/c1-26(2,3)29(25(34)35)14-6-8-16-36-15-7-5-9-18-10-11-19-21(17-18)28(4)24(33)30(19)20-12-13-22(31)27-23(20)32/h10-11,17,20H,5-9,12-16H2,1-4H3,(H,34,35)(H,27,31,32). The van der Waals surface area contributed by atoms with Crippen LogP contribution in [0.1, 0.15) is 70.9 Å². The molecule has 2 N–H and O–H groups in total. The minimum Gasteiger partial charge on any atom is -0.465 e. The van der Waals surface area contributed by atoms with E-state index in [2.05, 4.69) is 5.32 Å². The number of amides is 3. The lowest BCUT2D eigenvalue weighted by Gasteiger charge is -2.33. The van der Waals surface area contributed by atoms with Crippen molar-refractivity contribution >= 4 is 28.9 Å².